The van der Waals surface area contributed by atoms with Gasteiger partial charge in [0, 0.05) is 6.54 Å². The van der Waals surface area contributed by atoms with Crippen molar-refractivity contribution in [1.29, 1.82) is 0 Å². The summed E-state index contributed by atoms with van der Waals surface area (Å²) in [6.07, 6.45) is 11.4. The minimum absolute atomic E-state index is 0.00180. The Morgan fingerprint density at radius 3 is 2.38 bits per heavy atom. The molecule has 3 N–H and O–H groups in total. The number of carbonyl (C=O) groups is 1. The standard InChI is InChI=1S/C16H28N2O2S/c17-14(21)16(9-5-2-6-10-16)15(19)18-11-12-20-13-7-3-1-4-8-13/h13H,1-12H2,(H2,17,21)(H,18,19). The fourth-order valence-corrected chi connectivity index (χ4v) is 3.83. The summed E-state index contributed by atoms with van der Waals surface area (Å²) in [5, 5.41) is 2.98. The predicted molar refractivity (Wildman–Crippen MR) is 88.1 cm³/mol. The minimum atomic E-state index is -0.613. The van der Waals surface area contributed by atoms with Crippen molar-refractivity contribution >= 4 is 23.1 Å². The number of rotatable bonds is 6. The van der Waals surface area contributed by atoms with Crippen LogP contribution in [-0.2, 0) is 9.53 Å². The lowest BCUT2D eigenvalue weighted by Crippen LogP contribution is -2.50. The van der Waals surface area contributed by atoms with Gasteiger partial charge in [-0.2, -0.15) is 0 Å². The van der Waals surface area contributed by atoms with Crippen LogP contribution in [0.4, 0.5) is 0 Å². The summed E-state index contributed by atoms with van der Waals surface area (Å²) >= 11 is 5.17. The molecule has 2 aliphatic carbocycles. The molecule has 2 rings (SSSR count). The molecule has 2 saturated carbocycles. The van der Waals surface area contributed by atoms with Crippen LogP contribution in [0.5, 0.6) is 0 Å². The Bertz CT molecular complexity index is 361. The fourth-order valence-electron chi connectivity index (χ4n) is 3.53. The summed E-state index contributed by atoms with van der Waals surface area (Å²) in [4.78, 5) is 12.8. The van der Waals surface area contributed by atoms with Crippen molar-refractivity contribution in [1.82, 2.24) is 5.32 Å². The van der Waals surface area contributed by atoms with Crippen molar-refractivity contribution in [2.24, 2.45) is 11.1 Å². The van der Waals surface area contributed by atoms with Crippen molar-refractivity contribution in [3.8, 4) is 0 Å². The highest BCUT2D eigenvalue weighted by Crippen LogP contribution is 2.36. The molecule has 5 heteroatoms. The molecule has 0 unspecified atom stereocenters. The summed E-state index contributed by atoms with van der Waals surface area (Å²) in [7, 11) is 0. The number of ether oxygens (including phenoxy) is 1. The third kappa shape index (κ3) is 4.39. The Kier molecular flexibility index (Phi) is 6.42. The zero-order chi connectivity index (χ0) is 15.1. The number of nitrogens with one attached hydrogen (secondary N) is 1. The van der Waals surface area contributed by atoms with Crippen LogP contribution in [0.1, 0.15) is 64.2 Å². The van der Waals surface area contributed by atoms with E-state index in [1.54, 1.807) is 0 Å². The van der Waals surface area contributed by atoms with E-state index in [-0.39, 0.29) is 5.91 Å². The maximum absolute atomic E-state index is 12.5. The first-order valence-electron chi connectivity index (χ1n) is 8.35. The third-order valence-electron chi connectivity index (χ3n) is 4.91. The number of carbonyl (C=O) groups excluding carboxylic acids is 1. The molecule has 0 heterocycles. The van der Waals surface area contributed by atoms with Gasteiger partial charge in [-0.15, -0.1) is 0 Å². The summed E-state index contributed by atoms with van der Waals surface area (Å²) in [5.74, 6) is 0.00180. The van der Waals surface area contributed by atoms with Crippen molar-refractivity contribution < 1.29 is 9.53 Å². The van der Waals surface area contributed by atoms with Crippen molar-refractivity contribution in [2.75, 3.05) is 13.2 Å². The van der Waals surface area contributed by atoms with Crippen LogP contribution < -0.4 is 11.1 Å². The van der Waals surface area contributed by atoms with Crippen LogP contribution in [-0.4, -0.2) is 30.2 Å². The largest absolute Gasteiger partial charge is 0.392 e. The number of thiocarbonyl (C=S) groups is 1. The van der Waals surface area contributed by atoms with Crippen molar-refractivity contribution in [3.05, 3.63) is 0 Å². The second-order valence-corrected chi connectivity index (χ2v) is 6.83. The Hall–Kier alpha value is -0.680. The van der Waals surface area contributed by atoms with Gasteiger partial charge in [0.2, 0.25) is 5.91 Å². The van der Waals surface area contributed by atoms with Crippen LogP contribution in [0.2, 0.25) is 0 Å². The maximum Gasteiger partial charge on any atom is 0.233 e. The van der Waals surface area contributed by atoms with Gasteiger partial charge in [-0.05, 0) is 25.7 Å². The quantitative estimate of drug-likeness (QED) is 0.584. The molecule has 0 aliphatic heterocycles. The van der Waals surface area contributed by atoms with Crippen LogP contribution in [0.25, 0.3) is 0 Å². The summed E-state index contributed by atoms with van der Waals surface area (Å²) < 4.78 is 5.84. The molecule has 0 radical (unpaired) electrons. The Balaban J connectivity index is 1.73. The first kappa shape index (κ1) is 16.7. The molecule has 2 aliphatic rings. The van der Waals surface area contributed by atoms with E-state index >= 15 is 0 Å². The third-order valence-corrected chi connectivity index (χ3v) is 5.30. The highest BCUT2D eigenvalue weighted by molar-refractivity contribution is 7.80. The van der Waals surface area contributed by atoms with Crippen LogP contribution >= 0.6 is 12.2 Å². The summed E-state index contributed by atoms with van der Waals surface area (Å²) in [6.45, 7) is 1.14. The number of hydrogen-bond donors (Lipinski definition) is 2. The number of hydrogen-bond acceptors (Lipinski definition) is 3. The van der Waals surface area contributed by atoms with Gasteiger partial charge >= 0.3 is 0 Å². The van der Waals surface area contributed by atoms with E-state index in [9.17, 15) is 4.79 Å². The second-order valence-electron chi connectivity index (χ2n) is 6.39. The van der Waals surface area contributed by atoms with Gasteiger partial charge in [-0.25, -0.2) is 0 Å². The smallest absolute Gasteiger partial charge is 0.233 e. The first-order chi connectivity index (χ1) is 10.1. The van der Waals surface area contributed by atoms with Crippen LogP contribution in [0, 0.1) is 5.41 Å². The molecule has 0 saturated heterocycles. The van der Waals surface area contributed by atoms with E-state index in [1.165, 1.54) is 25.7 Å². The fraction of sp³-hybridized carbons (Fsp3) is 0.875. The Morgan fingerprint density at radius 1 is 1.14 bits per heavy atom. The van der Waals surface area contributed by atoms with E-state index in [0.29, 0.717) is 24.2 Å². The lowest BCUT2D eigenvalue weighted by Gasteiger charge is -2.34. The average molecular weight is 312 g/mol. The molecule has 0 bridgehead atoms. The van der Waals surface area contributed by atoms with Crippen molar-refractivity contribution in [3.63, 3.8) is 0 Å². The predicted octanol–water partition coefficient (Wildman–Crippen LogP) is 2.69. The average Bonchev–Trinajstić information content (AvgIpc) is 2.53. The van der Waals surface area contributed by atoms with E-state index in [0.717, 1.165) is 38.5 Å². The van der Waals surface area contributed by atoms with Gasteiger partial charge in [-0.3, -0.25) is 4.79 Å². The van der Waals surface area contributed by atoms with Crippen molar-refractivity contribution in [2.45, 2.75) is 70.3 Å². The van der Waals surface area contributed by atoms with E-state index in [1.807, 2.05) is 0 Å². The molecule has 120 valence electrons. The second kappa shape index (κ2) is 8.08. The van der Waals surface area contributed by atoms with Gasteiger partial charge in [0.25, 0.3) is 0 Å². The summed E-state index contributed by atoms with van der Waals surface area (Å²) in [6, 6.07) is 0. The lowest BCUT2D eigenvalue weighted by atomic mass is 9.73. The molecule has 21 heavy (non-hydrogen) atoms. The Morgan fingerprint density at radius 2 is 1.76 bits per heavy atom. The van der Waals surface area contributed by atoms with E-state index in [4.69, 9.17) is 22.7 Å². The zero-order valence-corrected chi connectivity index (χ0v) is 13.7. The van der Waals surface area contributed by atoms with E-state index in [2.05, 4.69) is 5.32 Å². The highest BCUT2D eigenvalue weighted by atomic mass is 32.1. The van der Waals surface area contributed by atoms with Gasteiger partial charge in [0.1, 0.15) is 0 Å². The lowest BCUT2D eigenvalue weighted by molar-refractivity contribution is -0.129. The molecule has 0 aromatic rings. The molecule has 2 fully saturated rings. The monoisotopic (exact) mass is 312 g/mol. The summed E-state index contributed by atoms with van der Waals surface area (Å²) in [5.41, 5.74) is 5.25. The molecule has 0 aromatic heterocycles. The van der Waals surface area contributed by atoms with Crippen LogP contribution in [0.3, 0.4) is 0 Å². The molecule has 0 atom stereocenters. The molecule has 0 aromatic carbocycles. The molecular formula is C16H28N2O2S. The van der Waals surface area contributed by atoms with Gasteiger partial charge in [0.15, 0.2) is 0 Å². The number of amides is 1. The maximum atomic E-state index is 12.5. The van der Waals surface area contributed by atoms with E-state index < -0.39 is 5.41 Å². The van der Waals surface area contributed by atoms with Crippen LogP contribution in [0.15, 0.2) is 0 Å². The molecule has 1 amide bonds. The van der Waals surface area contributed by atoms with Gasteiger partial charge in [0.05, 0.1) is 23.1 Å². The Labute approximate surface area is 133 Å². The molecule has 0 spiro atoms. The molecule has 4 nitrogen and oxygen atoms in total. The minimum Gasteiger partial charge on any atom is -0.392 e. The van der Waals surface area contributed by atoms with Gasteiger partial charge < -0.3 is 15.8 Å². The molecular weight excluding hydrogens is 284 g/mol. The normalized spacial score (nSPS) is 22.7. The number of nitrogens with two attached hydrogens (primary N) is 1. The first-order valence-corrected chi connectivity index (χ1v) is 8.76. The van der Waals surface area contributed by atoms with Gasteiger partial charge in [-0.1, -0.05) is 50.7 Å². The topological polar surface area (TPSA) is 64.4 Å². The SMILES string of the molecule is NC(=S)C1(C(=O)NCCOC2CCCCC2)CCCCC1. The highest BCUT2D eigenvalue weighted by Gasteiger charge is 2.42. The zero-order valence-electron chi connectivity index (χ0n) is 12.9.